The highest BCUT2D eigenvalue weighted by molar-refractivity contribution is 6.30. The summed E-state index contributed by atoms with van der Waals surface area (Å²) in [6.07, 6.45) is 0.730. The lowest BCUT2D eigenvalue weighted by atomic mass is 9.94. The monoisotopic (exact) mass is 485 g/mol. The molecule has 1 aliphatic heterocycles. The molecular weight excluding hydrogens is 458 g/mol. The van der Waals surface area contributed by atoms with E-state index in [0.717, 1.165) is 6.42 Å². The Morgan fingerprint density at radius 1 is 1.15 bits per heavy atom. The molecule has 3 rings (SSSR count). The number of carbonyl (C=O) groups is 3. The van der Waals surface area contributed by atoms with Gasteiger partial charge in [0.2, 0.25) is 0 Å². The molecule has 0 bridgehead atoms. The van der Waals surface area contributed by atoms with E-state index in [4.69, 9.17) is 21.1 Å². The molecule has 0 aliphatic carbocycles. The van der Waals surface area contributed by atoms with Gasteiger partial charge in [0.1, 0.15) is 6.61 Å². The highest BCUT2D eigenvalue weighted by Gasteiger charge is 2.36. The van der Waals surface area contributed by atoms with E-state index in [9.17, 15) is 14.4 Å². The van der Waals surface area contributed by atoms with Crippen LogP contribution in [0.2, 0.25) is 5.02 Å². The van der Waals surface area contributed by atoms with E-state index in [2.05, 4.69) is 10.6 Å². The normalized spacial score (nSPS) is 15.7. The summed E-state index contributed by atoms with van der Waals surface area (Å²) in [5.74, 6) is -0.835. The number of nitrogens with one attached hydrogen (secondary N) is 2. The molecule has 0 saturated heterocycles. The van der Waals surface area contributed by atoms with E-state index in [1.807, 2.05) is 6.92 Å². The van der Waals surface area contributed by atoms with Gasteiger partial charge in [-0.15, -0.1) is 0 Å². The summed E-state index contributed by atoms with van der Waals surface area (Å²) in [5, 5.41) is 6.29. The van der Waals surface area contributed by atoms with Crippen molar-refractivity contribution in [2.75, 3.05) is 32.2 Å². The van der Waals surface area contributed by atoms with Gasteiger partial charge in [-0.2, -0.15) is 0 Å². The van der Waals surface area contributed by atoms with Gasteiger partial charge in [-0.25, -0.2) is 9.59 Å². The fourth-order valence-electron chi connectivity index (χ4n) is 3.68. The lowest BCUT2D eigenvalue weighted by Crippen LogP contribution is -2.48. The topological polar surface area (TPSA) is 97.0 Å². The van der Waals surface area contributed by atoms with Crippen molar-refractivity contribution in [1.29, 1.82) is 0 Å². The minimum absolute atomic E-state index is 0.0950. The van der Waals surface area contributed by atoms with Crippen LogP contribution < -0.4 is 10.6 Å². The molecule has 0 radical (unpaired) electrons. The number of halogens is 1. The third-order valence-corrected chi connectivity index (χ3v) is 5.62. The molecule has 0 aromatic heterocycles. The maximum atomic E-state index is 13.0. The quantitative estimate of drug-likeness (QED) is 0.401. The van der Waals surface area contributed by atoms with Gasteiger partial charge >= 0.3 is 12.0 Å². The van der Waals surface area contributed by atoms with Gasteiger partial charge in [0.25, 0.3) is 5.91 Å². The van der Waals surface area contributed by atoms with Crippen LogP contribution in [0, 0.1) is 0 Å². The number of hydrogen-bond donors (Lipinski definition) is 2. The Morgan fingerprint density at radius 2 is 1.88 bits per heavy atom. The lowest BCUT2D eigenvalue weighted by Gasteiger charge is -2.35. The molecule has 8 nitrogen and oxygen atoms in total. The number of amides is 3. The first-order valence-electron chi connectivity index (χ1n) is 11.0. The molecule has 0 spiro atoms. The van der Waals surface area contributed by atoms with E-state index in [-0.39, 0.29) is 25.2 Å². The molecule has 180 valence electrons. The van der Waals surface area contributed by atoms with Crippen LogP contribution in [0.4, 0.5) is 10.5 Å². The molecule has 9 heteroatoms. The predicted molar refractivity (Wildman–Crippen MR) is 130 cm³/mol. The first-order chi connectivity index (χ1) is 16.3. The molecule has 2 aromatic rings. The second-order valence-corrected chi connectivity index (χ2v) is 8.18. The Balaban J connectivity index is 1.91. The van der Waals surface area contributed by atoms with Crippen LogP contribution in [0.3, 0.4) is 0 Å². The molecule has 1 aliphatic rings. The fraction of sp³-hybridized carbons (Fsp3) is 0.320. The third kappa shape index (κ3) is 5.95. The minimum Gasteiger partial charge on any atom is -0.460 e. The zero-order valence-corrected chi connectivity index (χ0v) is 20.1. The second kappa shape index (κ2) is 11.7. The average Bonchev–Trinajstić information content (AvgIpc) is 2.82. The summed E-state index contributed by atoms with van der Waals surface area (Å²) in [6, 6.07) is 12.5. The van der Waals surface area contributed by atoms with Gasteiger partial charge in [-0.3, -0.25) is 9.69 Å². The fourth-order valence-corrected chi connectivity index (χ4v) is 3.81. The van der Waals surface area contributed by atoms with Crippen LogP contribution in [0.25, 0.3) is 0 Å². The number of allylic oxidation sites excluding steroid dienone is 1. The Hall–Kier alpha value is -3.36. The number of ether oxygens (including phenoxy) is 2. The van der Waals surface area contributed by atoms with Gasteiger partial charge in [0, 0.05) is 35.6 Å². The lowest BCUT2D eigenvalue weighted by molar-refractivity contribution is -0.140. The van der Waals surface area contributed by atoms with Crippen LogP contribution in [-0.4, -0.2) is 49.7 Å². The summed E-state index contributed by atoms with van der Waals surface area (Å²) >= 11 is 5.90. The van der Waals surface area contributed by atoms with Crippen molar-refractivity contribution >= 4 is 35.2 Å². The predicted octanol–water partition coefficient (Wildman–Crippen LogP) is 4.53. The number of carbonyl (C=O) groups excluding carboxylic acids is 3. The van der Waals surface area contributed by atoms with Crippen molar-refractivity contribution in [1.82, 2.24) is 10.2 Å². The zero-order chi connectivity index (χ0) is 24.7. The number of nitrogens with zero attached hydrogens (tertiary/aromatic N) is 1. The minimum atomic E-state index is -0.733. The smallest absolute Gasteiger partial charge is 0.338 e. The molecule has 2 N–H and O–H groups in total. The first kappa shape index (κ1) is 25.3. The summed E-state index contributed by atoms with van der Waals surface area (Å²) in [6.45, 7) is 4.52. The maximum absolute atomic E-state index is 13.0. The summed E-state index contributed by atoms with van der Waals surface area (Å²) in [7, 11) is 1.52. The number of anilines is 1. The van der Waals surface area contributed by atoms with E-state index in [0.29, 0.717) is 39.7 Å². The second-order valence-electron chi connectivity index (χ2n) is 7.75. The molecule has 2 aromatic carbocycles. The number of benzene rings is 2. The molecular formula is C25H28ClN3O5. The van der Waals surface area contributed by atoms with Gasteiger partial charge in [-0.05, 0) is 55.3 Å². The van der Waals surface area contributed by atoms with Crippen LogP contribution in [0.5, 0.6) is 0 Å². The van der Waals surface area contributed by atoms with E-state index < -0.39 is 12.0 Å². The Kier molecular flexibility index (Phi) is 8.67. The maximum Gasteiger partial charge on any atom is 0.338 e. The van der Waals surface area contributed by atoms with Crippen LogP contribution >= 0.6 is 11.6 Å². The Bertz CT molecular complexity index is 1080. The van der Waals surface area contributed by atoms with Gasteiger partial charge in [-0.1, -0.05) is 30.7 Å². The summed E-state index contributed by atoms with van der Waals surface area (Å²) < 4.78 is 10.4. The summed E-state index contributed by atoms with van der Waals surface area (Å²) in [5.41, 5.74) is 2.48. The Labute approximate surface area is 203 Å². The molecule has 0 fully saturated rings. The first-order valence-corrected chi connectivity index (χ1v) is 11.3. The Morgan fingerprint density at radius 3 is 2.56 bits per heavy atom. The molecule has 1 atom stereocenters. The number of esters is 1. The molecule has 0 saturated carbocycles. The van der Waals surface area contributed by atoms with E-state index >= 15 is 0 Å². The van der Waals surface area contributed by atoms with Crippen molar-refractivity contribution in [2.45, 2.75) is 26.3 Å². The SMILES string of the molecule is CCCN1C(=O)NC(c2cccc(NC(=O)c3ccc(Cl)cc3)c2)C(C(=O)OCCOC)=C1C. The van der Waals surface area contributed by atoms with Crippen molar-refractivity contribution in [3.8, 4) is 0 Å². The number of rotatable bonds is 9. The van der Waals surface area contributed by atoms with Crippen molar-refractivity contribution < 1.29 is 23.9 Å². The standard InChI is InChI=1S/C25H28ClN3O5/c1-4-12-29-16(2)21(24(31)34-14-13-33-3)22(28-25(29)32)18-6-5-7-20(15-18)27-23(30)17-8-10-19(26)11-9-17/h5-11,15,22H,4,12-14H2,1-3H3,(H,27,30)(H,28,32). The van der Waals surface area contributed by atoms with Crippen molar-refractivity contribution in [3.05, 3.63) is 76.0 Å². The third-order valence-electron chi connectivity index (χ3n) is 5.37. The number of methoxy groups -OCH3 is 1. The zero-order valence-electron chi connectivity index (χ0n) is 19.4. The highest BCUT2D eigenvalue weighted by atomic mass is 35.5. The molecule has 3 amide bonds. The highest BCUT2D eigenvalue weighted by Crippen LogP contribution is 2.32. The molecule has 1 heterocycles. The van der Waals surface area contributed by atoms with E-state index in [1.165, 1.54) is 12.0 Å². The van der Waals surface area contributed by atoms with Crippen LogP contribution in [0.1, 0.15) is 42.2 Å². The van der Waals surface area contributed by atoms with Crippen molar-refractivity contribution in [3.63, 3.8) is 0 Å². The number of hydrogen-bond acceptors (Lipinski definition) is 5. The van der Waals surface area contributed by atoms with Gasteiger partial charge < -0.3 is 20.1 Å². The number of urea groups is 1. The molecule has 1 unspecified atom stereocenters. The summed E-state index contributed by atoms with van der Waals surface area (Å²) in [4.78, 5) is 40.0. The molecule has 34 heavy (non-hydrogen) atoms. The van der Waals surface area contributed by atoms with Crippen LogP contribution in [0.15, 0.2) is 59.8 Å². The average molecular weight is 486 g/mol. The largest absolute Gasteiger partial charge is 0.460 e. The van der Waals surface area contributed by atoms with Crippen molar-refractivity contribution in [2.24, 2.45) is 0 Å². The van der Waals surface area contributed by atoms with E-state index in [1.54, 1.807) is 55.5 Å². The van der Waals surface area contributed by atoms with Crippen LogP contribution in [-0.2, 0) is 14.3 Å². The van der Waals surface area contributed by atoms with Gasteiger partial charge in [0.15, 0.2) is 0 Å². The van der Waals surface area contributed by atoms with Gasteiger partial charge in [0.05, 0.1) is 18.2 Å².